The molecule has 0 unspecified atom stereocenters. The van der Waals surface area contributed by atoms with Crippen molar-refractivity contribution in [2.24, 2.45) is 0 Å². The molecule has 172 valence electrons. The van der Waals surface area contributed by atoms with Crippen molar-refractivity contribution in [3.63, 3.8) is 0 Å². The molecule has 3 heterocycles. The summed E-state index contributed by atoms with van der Waals surface area (Å²) in [6.07, 6.45) is 6.24. The molecule has 0 saturated heterocycles. The van der Waals surface area contributed by atoms with E-state index in [2.05, 4.69) is 9.97 Å². The number of methoxy groups -OCH3 is 2. The second-order valence-corrected chi connectivity index (χ2v) is 7.19. The van der Waals surface area contributed by atoms with Gasteiger partial charge in [0.15, 0.2) is 0 Å². The zero-order chi connectivity index (χ0) is 23.6. The first-order valence-corrected chi connectivity index (χ1v) is 10.5. The van der Waals surface area contributed by atoms with Crippen LogP contribution in [0.3, 0.4) is 0 Å². The number of hydrogen-bond donors (Lipinski definition) is 0. The molecule has 0 spiro atoms. The summed E-state index contributed by atoms with van der Waals surface area (Å²) in [7, 11) is 3.14. The van der Waals surface area contributed by atoms with Crippen molar-refractivity contribution in [3.8, 4) is 0 Å². The molecule has 0 bridgehead atoms. The van der Waals surface area contributed by atoms with Crippen LogP contribution in [0.2, 0.25) is 0 Å². The number of ether oxygens (including phenoxy) is 2. The highest BCUT2D eigenvalue weighted by Crippen LogP contribution is 2.25. The van der Waals surface area contributed by atoms with E-state index in [1.165, 1.54) is 17.3 Å². The maximum Gasteiger partial charge on any atom is 0.261 e. The quantitative estimate of drug-likeness (QED) is 0.469. The third kappa shape index (κ3) is 5.97. The van der Waals surface area contributed by atoms with Gasteiger partial charge in [-0.3, -0.25) is 29.4 Å². The maximum atomic E-state index is 13.3. The molecule has 3 rings (SSSR count). The molecule has 0 atom stereocenters. The molecule has 3 aromatic rings. The number of aromatic nitrogens is 3. The number of hydrogen-bond acceptors (Lipinski definition) is 7. The summed E-state index contributed by atoms with van der Waals surface area (Å²) in [5.74, 6) is 0.335. The number of carbonyl (C=O) groups excluding carboxylic acids is 2. The summed E-state index contributed by atoms with van der Waals surface area (Å²) in [4.78, 5) is 42.4. The van der Waals surface area contributed by atoms with E-state index < -0.39 is 0 Å². The molecule has 3 aromatic heterocycles. The van der Waals surface area contributed by atoms with E-state index in [4.69, 9.17) is 14.5 Å². The molecule has 33 heavy (non-hydrogen) atoms. The Morgan fingerprint density at radius 3 is 1.88 bits per heavy atom. The Morgan fingerprint density at radius 1 is 0.818 bits per heavy atom. The molecule has 0 aromatic carbocycles. The van der Waals surface area contributed by atoms with E-state index in [0.29, 0.717) is 36.0 Å². The predicted octanol–water partition coefficient (Wildman–Crippen LogP) is 2.77. The zero-order valence-corrected chi connectivity index (χ0v) is 19.0. The molecule has 0 aliphatic carbocycles. The highest BCUT2D eigenvalue weighted by atomic mass is 16.5. The molecule has 2 amide bonds. The van der Waals surface area contributed by atoms with E-state index in [0.717, 1.165) is 5.56 Å². The van der Waals surface area contributed by atoms with Crippen molar-refractivity contribution in [1.82, 2.24) is 15.0 Å². The fourth-order valence-corrected chi connectivity index (χ4v) is 3.21. The van der Waals surface area contributed by atoms with Crippen LogP contribution in [0.25, 0.3) is 0 Å². The first-order valence-electron chi connectivity index (χ1n) is 10.5. The van der Waals surface area contributed by atoms with Crippen molar-refractivity contribution in [2.75, 3.05) is 50.3 Å². The van der Waals surface area contributed by atoms with Crippen LogP contribution in [0.15, 0.2) is 61.2 Å². The van der Waals surface area contributed by atoms with Gasteiger partial charge in [0.05, 0.1) is 37.4 Å². The first kappa shape index (κ1) is 24.0. The predicted molar refractivity (Wildman–Crippen MR) is 125 cm³/mol. The highest BCUT2D eigenvalue weighted by Gasteiger charge is 2.24. The maximum absolute atomic E-state index is 13.3. The average Bonchev–Trinajstić information content (AvgIpc) is 2.86. The fourth-order valence-electron chi connectivity index (χ4n) is 3.21. The first-order chi connectivity index (χ1) is 16.1. The Labute approximate surface area is 193 Å². The van der Waals surface area contributed by atoms with Gasteiger partial charge in [0.1, 0.15) is 11.6 Å². The smallest absolute Gasteiger partial charge is 0.261 e. The highest BCUT2D eigenvalue weighted by molar-refractivity contribution is 6.07. The van der Waals surface area contributed by atoms with Gasteiger partial charge in [-0.25, -0.2) is 4.98 Å². The van der Waals surface area contributed by atoms with Gasteiger partial charge in [-0.2, -0.15) is 0 Å². The molecule has 9 heteroatoms. The summed E-state index contributed by atoms with van der Waals surface area (Å²) in [5, 5.41) is 0. The van der Waals surface area contributed by atoms with Gasteiger partial charge in [0, 0.05) is 39.0 Å². The van der Waals surface area contributed by atoms with Gasteiger partial charge in [-0.1, -0.05) is 6.07 Å². The normalized spacial score (nSPS) is 10.6. The molecule has 9 nitrogen and oxygen atoms in total. The van der Waals surface area contributed by atoms with Crippen LogP contribution in [-0.2, 0) is 9.47 Å². The summed E-state index contributed by atoms with van der Waals surface area (Å²) in [5.41, 5.74) is 1.65. The van der Waals surface area contributed by atoms with Gasteiger partial charge in [0.2, 0.25) is 0 Å². The molecular weight excluding hydrogens is 422 g/mol. The third-order valence-electron chi connectivity index (χ3n) is 4.93. The van der Waals surface area contributed by atoms with Crippen LogP contribution in [0.4, 0.5) is 11.6 Å². The van der Waals surface area contributed by atoms with Crippen molar-refractivity contribution in [3.05, 3.63) is 77.9 Å². The fraction of sp³-hybridized carbons (Fsp3) is 0.292. The molecular formula is C24H27N5O4. The number of aryl methyl sites for hydroxylation is 1. The second-order valence-electron chi connectivity index (χ2n) is 7.19. The Bertz CT molecular complexity index is 1060. The van der Waals surface area contributed by atoms with Crippen LogP contribution in [0.5, 0.6) is 0 Å². The topological polar surface area (TPSA) is 97.8 Å². The SMILES string of the molecule is COCCN(C(=O)c1cccnc1)c1ccc(C)c(N(CCOC)C(=O)c2cccnc2)n1. The molecule has 0 radical (unpaired) electrons. The third-order valence-corrected chi connectivity index (χ3v) is 4.93. The number of rotatable bonds is 10. The van der Waals surface area contributed by atoms with Gasteiger partial charge in [0.25, 0.3) is 11.8 Å². The summed E-state index contributed by atoms with van der Waals surface area (Å²) in [6, 6.07) is 10.4. The zero-order valence-electron chi connectivity index (χ0n) is 19.0. The number of anilines is 2. The minimum absolute atomic E-state index is 0.255. The summed E-state index contributed by atoms with van der Waals surface area (Å²) >= 11 is 0. The minimum atomic E-state index is -0.260. The van der Waals surface area contributed by atoms with E-state index in [1.807, 2.05) is 13.0 Å². The molecule has 0 N–H and O–H groups in total. The Balaban J connectivity index is 2.02. The van der Waals surface area contributed by atoms with Crippen molar-refractivity contribution in [1.29, 1.82) is 0 Å². The van der Waals surface area contributed by atoms with E-state index in [9.17, 15) is 9.59 Å². The molecule has 0 aliphatic heterocycles. The summed E-state index contributed by atoms with van der Waals surface area (Å²) < 4.78 is 10.4. The van der Waals surface area contributed by atoms with Crippen molar-refractivity contribution < 1.29 is 19.1 Å². The summed E-state index contributed by atoms with van der Waals surface area (Å²) in [6.45, 7) is 3.08. The lowest BCUT2D eigenvalue weighted by Gasteiger charge is -2.26. The lowest BCUT2D eigenvalue weighted by molar-refractivity contribution is 0.0969. The van der Waals surface area contributed by atoms with Gasteiger partial charge >= 0.3 is 0 Å². The Morgan fingerprint density at radius 2 is 1.36 bits per heavy atom. The van der Waals surface area contributed by atoms with Crippen LogP contribution in [0, 0.1) is 6.92 Å². The van der Waals surface area contributed by atoms with Gasteiger partial charge < -0.3 is 9.47 Å². The lowest BCUT2D eigenvalue weighted by atomic mass is 10.2. The second kappa shape index (κ2) is 11.8. The molecule has 0 aliphatic rings. The molecule has 0 saturated carbocycles. The van der Waals surface area contributed by atoms with Crippen LogP contribution in [-0.4, -0.2) is 67.3 Å². The average molecular weight is 450 g/mol. The number of carbonyl (C=O) groups is 2. The van der Waals surface area contributed by atoms with E-state index >= 15 is 0 Å². The standard InChI is InChI=1S/C24H27N5O4/c1-18-8-9-21(28(12-14-32-2)23(30)19-6-4-10-25-16-19)27-22(18)29(13-15-33-3)24(31)20-7-5-11-26-17-20/h4-11,16-17H,12-15H2,1-3H3. The Hall–Kier alpha value is -3.69. The minimum Gasteiger partial charge on any atom is -0.383 e. The van der Waals surface area contributed by atoms with Crippen LogP contribution < -0.4 is 9.80 Å². The van der Waals surface area contributed by atoms with Gasteiger partial charge in [-0.15, -0.1) is 0 Å². The number of pyridine rings is 3. The van der Waals surface area contributed by atoms with Crippen LogP contribution >= 0.6 is 0 Å². The van der Waals surface area contributed by atoms with E-state index in [1.54, 1.807) is 61.8 Å². The Kier molecular flexibility index (Phi) is 8.56. The van der Waals surface area contributed by atoms with Gasteiger partial charge in [-0.05, 0) is 42.8 Å². The van der Waals surface area contributed by atoms with E-state index in [-0.39, 0.29) is 24.9 Å². The molecule has 0 fully saturated rings. The number of amides is 2. The van der Waals surface area contributed by atoms with Crippen LogP contribution in [0.1, 0.15) is 26.3 Å². The largest absolute Gasteiger partial charge is 0.383 e. The van der Waals surface area contributed by atoms with Crippen molar-refractivity contribution >= 4 is 23.5 Å². The number of nitrogens with zero attached hydrogens (tertiary/aromatic N) is 5. The lowest BCUT2D eigenvalue weighted by Crippen LogP contribution is -2.37. The monoisotopic (exact) mass is 449 g/mol. The van der Waals surface area contributed by atoms with Crippen molar-refractivity contribution in [2.45, 2.75) is 6.92 Å².